The van der Waals surface area contributed by atoms with Crippen LogP contribution in [-0.2, 0) is 0 Å². The van der Waals surface area contributed by atoms with Crippen molar-refractivity contribution in [1.29, 1.82) is 0 Å². The van der Waals surface area contributed by atoms with Crippen molar-refractivity contribution >= 4 is 11.6 Å². The molecule has 94 valence electrons. The number of benzene rings is 1. The second kappa shape index (κ2) is 5.12. The summed E-state index contributed by atoms with van der Waals surface area (Å²) in [5.41, 5.74) is 4.48. The van der Waals surface area contributed by atoms with Crippen LogP contribution in [0.4, 0.5) is 14.5 Å². The molecule has 17 heavy (non-hydrogen) atoms. The van der Waals surface area contributed by atoms with Gasteiger partial charge in [-0.25, -0.2) is 8.78 Å². The van der Waals surface area contributed by atoms with Crippen molar-refractivity contribution in [3.63, 3.8) is 0 Å². The topological polar surface area (TPSA) is 55.1 Å². The highest BCUT2D eigenvalue weighted by atomic mass is 19.1. The fourth-order valence-electron chi connectivity index (χ4n) is 1.17. The van der Waals surface area contributed by atoms with Crippen LogP contribution in [-0.4, -0.2) is 11.9 Å². The zero-order chi connectivity index (χ0) is 13.2. The number of anilines is 1. The molecule has 1 aromatic rings. The second-order valence-electron chi connectivity index (χ2n) is 4.36. The summed E-state index contributed by atoms with van der Waals surface area (Å²) < 4.78 is 26.3. The third kappa shape index (κ3) is 3.15. The van der Waals surface area contributed by atoms with Crippen LogP contribution in [0.25, 0.3) is 0 Å². The molecule has 1 amide bonds. The molecule has 0 spiro atoms. The van der Waals surface area contributed by atoms with Crippen LogP contribution in [0, 0.1) is 17.6 Å². The molecule has 0 saturated heterocycles. The molecule has 0 heterocycles. The highest BCUT2D eigenvalue weighted by Gasteiger charge is 2.16. The van der Waals surface area contributed by atoms with Gasteiger partial charge in [0.25, 0.3) is 5.91 Å². The van der Waals surface area contributed by atoms with Gasteiger partial charge in [-0.3, -0.25) is 4.79 Å². The Bertz CT molecular complexity index is 410. The van der Waals surface area contributed by atoms with E-state index in [0.29, 0.717) is 0 Å². The maximum Gasteiger partial charge on any atom is 0.251 e. The Labute approximate surface area is 99.0 Å². The normalized spacial score (nSPS) is 12.6. The van der Waals surface area contributed by atoms with Crippen molar-refractivity contribution in [2.45, 2.75) is 26.8 Å². The number of hydrogen-bond acceptors (Lipinski definition) is 2. The minimum absolute atomic E-state index is 0.0679. The van der Waals surface area contributed by atoms with E-state index in [-0.39, 0.29) is 17.5 Å². The lowest BCUT2D eigenvalue weighted by molar-refractivity contribution is 0.0929. The standard InChI is InChI=1S/C12H16F2N2O/c1-6(2)7(3)16-12(17)8-4-9(13)11(15)10(14)5-8/h4-7H,15H2,1-3H3,(H,16,17). The van der Waals surface area contributed by atoms with Crippen LogP contribution in [0.3, 0.4) is 0 Å². The maximum atomic E-state index is 13.2. The number of amides is 1. The maximum absolute atomic E-state index is 13.2. The van der Waals surface area contributed by atoms with Crippen molar-refractivity contribution < 1.29 is 13.6 Å². The Morgan fingerprint density at radius 1 is 1.24 bits per heavy atom. The Morgan fingerprint density at radius 3 is 2.12 bits per heavy atom. The molecule has 0 aliphatic heterocycles. The number of nitrogens with two attached hydrogens (primary N) is 1. The lowest BCUT2D eigenvalue weighted by Crippen LogP contribution is -2.36. The van der Waals surface area contributed by atoms with Gasteiger partial charge in [-0.1, -0.05) is 13.8 Å². The summed E-state index contributed by atoms with van der Waals surface area (Å²) in [6, 6.07) is 1.79. The van der Waals surface area contributed by atoms with Crippen molar-refractivity contribution in [3.05, 3.63) is 29.3 Å². The van der Waals surface area contributed by atoms with Crippen LogP contribution in [0.2, 0.25) is 0 Å². The van der Waals surface area contributed by atoms with E-state index in [0.717, 1.165) is 12.1 Å². The number of rotatable bonds is 3. The van der Waals surface area contributed by atoms with Crippen molar-refractivity contribution in [2.24, 2.45) is 5.92 Å². The number of carbonyl (C=O) groups excluding carboxylic acids is 1. The Hall–Kier alpha value is -1.65. The molecule has 1 aromatic carbocycles. The highest BCUT2D eigenvalue weighted by Crippen LogP contribution is 2.17. The molecular formula is C12H16F2N2O. The summed E-state index contributed by atoms with van der Waals surface area (Å²) in [6.07, 6.45) is 0. The fourth-order valence-corrected chi connectivity index (χ4v) is 1.17. The number of nitrogen functional groups attached to an aromatic ring is 1. The van der Waals surface area contributed by atoms with E-state index in [9.17, 15) is 13.6 Å². The van der Waals surface area contributed by atoms with Crippen LogP contribution in [0.15, 0.2) is 12.1 Å². The number of hydrogen-bond donors (Lipinski definition) is 2. The van der Waals surface area contributed by atoms with Gasteiger partial charge >= 0.3 is 0 Å². The zero-order valence-corrected chi connectivity index (χ0v) is 10.1. The minimum atomic E-state index is -0.924. The van der Waals surface area contributed by atoms with Crippen molar-refractivity contribution in [3.8, 4) is 0 Å². The van der Waals surface area contributed by atoms with Crippen LogP contribution >= 0.6 is 0 Å². The molecule has 1 atom stereocenters. The van der Waals surface area contributed by atoms with E-state index in [1.165, 1.54) is 0 Å². The van der Waals surface area contributed by atoms with Gasteiger partial charge < -0.3 is 11.1 Å². The van der Waals surface area contributed by atoms with E-state index in [2.05, 4.69) is 5.32 Å². The van der Waals surface area contributed by atoms with E-state index in [4.69, 9.17) is 5.73 Å². The summed E-state index contributed by atoms with van der Waals surface area (Å²) in [5.74, 6) is -2.12. The van der Waals surface area contributed by atoms with Gasteiger partial charge in [-0.15, -0.1) is 0 Å². The van der Waals surface area contributed by atoms with Gasteiger partial charge in [0.15, 0.2) is 0 Å². The molecule has 0 fully saturated rings. The molecule has 3 nitrogen and oxygen atoms in total. The monoisotopic (exact) mass is 242 g/mol. The molecule has 1 unspecified atom stereocenters. The molecule has 0 aliphatic rings. The summed E-state index contributed by atoms with van der Waals surface area (Å²) in [4.78, 5) is 11.7. The zero-order valence-electron chi connectivity index (χ0n) is 10.1. The highest BCUT2D eigenvalue weighted by molar-refractivity contribution is 5.94. The third-order valence-corrected chi connectivity index (χ3v) is 2.70. The molecule has 0 bridgehead atoms. The predicted octanol–water partition coefficient (Wildman–Crippen LogP) is 2.32. The molecule has 0 aliphatic carbocycles. The molecule has 0 aromatic heterocycles. The number of halogens is 2. The van der Waals surface area contributed by atoms with E-state index >= 15 is 0 Å². The summed E-state index contributed by atoms with van der Waals surface area (Å²) in [5, 5.41) is 2.66. The second-order valence-corrected chi connectivity index (χ2v) is 4.36. The summed E-state index contributed by atoms with van der Waals surface area (Å²) in [6.45, 7) is 5.71. The van der Waals surface area contributed by atoms with Crippen molar-refractivity contribution in [1.82, 2.24) is 5.32 Å². The lowest BCUT2D eigenvalue weighted by Gasteiger charge is -2.17. The van der Waals surface area contributed by atoms with Crippen molar-refractivity contribution in [2.75, 3.05) is 5.73 Å². The molecule has 0 radical (unpaired) electrons. The van der Waals surface area contributed by atoms with Gasteiger partial charge in [-0.2, -0.15) is 0 Å². The molecular weight excluding hydrogens is 226 g/mol. The summed E-state index contributed by atoms with van der Waals surface area (Å²) >= 11 is 0. The quantitative estimate of drug-likeness (QED) is 0.799. The van der Waals surface area contributed by atoms with Crippen LogP contribution < -0.4 is 11.1 Å². The Morgan fingerprint density at radius 2 is 1.71 bits per heavy atom. The SMILES string of the molecule is CC(C)C(C)NC(=O)c1cc(F)c(N)c(F)c1. The molecule has 5 heteroatoms. The molecule has 1 rings (SSSR count). The predicted molar refractivity (Wildman–Crippen MR) is 62.5 cm³/mol. The van der Waals surface area contributed by atoms with Gasteiger partial charge in [-0.05, 0) is 25.0 Å². The van der Waals surface area contributed by atoms with Gasteiger partial charge in [0, 0.05) is 11.6 Å². The first kappa shape index (κ1) is 13.4. The molecule has 3 N–H and O–H groups in total. The van der Waals surface area contributed by atoms with Gasteiger partial charge in [0.2, 0.25) is 0 Å². The van der Waals surface area contributed by atoms with E-state index in [1.807, 2.05) is 20.8 Å². The van der Waals surface area contributed by atoms with Gasteiger partial charge in [0.05, 0.1) is 0 Å². The van der Waals surface area contributed by atoms with Gasteiger partial charge in [0.1, 0.15) is 17.3 Å². The van der Waals surface area contributed by atoms with Crippen LogP contribution in [0.5, 0.6) is 0 Å². The van der Waals surface area contributed by atoms with E-state index in [1.54, 1.807) is 0 Å². The average molecular weight is 242 g/mol. The first-order valence-corrected chi connectivity index (χ1v) is 5.38. The smallest absolute Gasteiger partial charge is 0.251 e. The lowest BCUT2D eigenvalue weighted by atomic mass is 10.1. The van der Waals surface area contributed by atoms with Crippen LogP contribution in [0.1, 0.15) is 31.1 Å². The average Bonchev–Trinajstić information content (AvgIpc) is 2.24. The fraction of sp³-hybridized carbons (Fsp3) is 0.417. The first-order valence-electron chi connectivity index (χ1n) is 5.38. The van der Waals surface area contributed by atoms with E-state index < -0.39 is 23.2 Å². The number of nitrogens with one attached hydrogen (secondary N) is 1. The third-order valence-electron chi connectivity index (χ3n) is 2.70. The molecule has 0 saturated carbocycles. The largest absolute Gasteiger partial charge is 0.394 e. The Balaban J connectivity index is 2.90. The number of carbonyl (C=O) groups is 1. The Kier molecular flexibility index (Phi) is 4.04. The summed E-state index contributed by atoms with van der Waals surface area (Å²) in [7, 11) is 0. The minimum Gasteiger partial charge on any atom is -0.394 e. The first-order chi connectivity index (χ1) is 7.82.